The summed E-state index contributed by atoms with van der Waals surface area (Å²) in [6, 6.07) is 8.35. The monoisotopic (exact) mass is 271 g/mol. The fourth-order valence-electron chi connectivity index (χ4n) is 3.34. The second kappa shape index (κ2) is 5.90. The Kier molecular flexibility index (Phi) is 4.00. The van der Waals surface area contributed by atoms with Gasteiger partial charge in [0.2, 0.25) is 0 Å². The zero-order valence-electron chi connectivity index (χ0n) is 12.5. The van der Waals surface area contributed by atoms with Crippen LogP contribution in [0.15, 0.2) is 36.4 Å². The summed E-state index contributed by atoms with van der Waals surface area (Å²) in [5, 5.41) is 3.59. The van der Waals surface area contributed by atoms with Crippen molar-refractivity contribution in [2.24, 2.45) is 23.7 Å². The molecule has 0 saturated heterocycles. The van der Waals surface area contributed by atoms with Crippen LogP contribution in [-0.2, 0) is 0 Å². The number of anilines is 1. The first kappa shape index (κ1) is 13.5. The van der Waals surface area contributed by atoms with E-state index in [2.05, 4.69) is 49.5 Å². The van der Waals surface area contributed by atoms with Crippen LogP contribution in [0.5, 0.6) is 5.75 Å². The highest BCUT2D eigenvalue weighted by atomic mass is 16.5. The molecular formula is C18H25NO. The van der Waals surface area contributed by atoms with E-state index in [0.717, 1.165) is 36.7 Å². The highest BCUT2D eigenvalue weighted by Crippen LogP contribution is 2.43. The Labute approximate surface area is 122 Å². The van der Waals surface area contributed by atoms with E-state index in [-0.39, 0.29) is 0 Å². The molecule has 2 aliphatic rings. The van der Waals surface area contributed by atoms with Crippen molar-refractivity contribution in [2.45, 2.75) is 26.7 Å². The van der Waals surface area contributed by atoms with E-state index in [1.54, 1.807) is 0 Å². The molecule has 1 saturated carbocycles. The molecule has 3 unspecified atom stereocenters. The molecule has 3 atom stereocenters. The number of nitrogens with one attached hydrogen (secondary N) is 1. The van der Waals surface area contributed by atoms with Crippen LogP contribution >= 0.6 is 0 Å². The largest absolute Gasteiger partial charge is 0.493 e. The first-order valence-corrected chi connectivity index (χ1v) is 7.86. The van der Waals surface area contributed by atoms with Crippen molar-refractivity contribution in [3.63, 3.8) is 0 Å². The topological polar surface area (TPSA) is 21.3 Å². The van der Waals surface area contributed by atoms with Gasteiger partial charge in [0.05, 0.1) is 6.61 Å². The van der Waals surface area contributed by atoms with Gasteiger partial charge < -0.3 is 10.1 Å². The lowest BCUT2D eigenvalue weighted by Crippen LogP contribution is -2.18. The molecule has 2 bridgehead atoms. The number of hydrogen-bond acceptors (Lipinski definition) is 2. The Balaban J connectivity index is 1.52. The number of hydrogen-bond donors (Lipinski definition) is 1. The molecule has 3 rings (SSSR count). The fourth-order valence-corrected chi connectivity index (χ4v) is 3.34. The predicted octanol–water partition coefficient (Wildman–Crippen LogP) is 4.35. The molecule has 2 heteroatoms. The van der Waals surface area contributed by atoms with Crippen LogP contribution in [0.3, 0.4) is 0 Å². The van der Waals surface area contributed by atoms with Gasteiger partial charge in [-0.25, -0.2) is 0 Å². The summed E-state index contributed by atoms with van der Waals surface area (Å²) in [4.78, 5) is 0. The van der Waals surface area contributed by atoms with Gasteiger partial charge in [-0.2, -0.15) is 0 Å². The molecule has 0 spiro atoms. The summed E-state index contributed by atoms with van der Waals surface area (Å²) in [5.74, 6) is 4.01. The van der Waals surface area contributed by atoms with Crippen molar-refractivity contribution in [3.8, 4) is 5.75 Å². The number of benzene rings is 1. The Hall–Kier alpha value is -1.44. The van der Waals surface area contributed by atoms with Gasteiger partial charge in [-0.05, 0) is 48.6 Å². The minimum atomic E-state index is 0.562. The summed E-state index contributed by atoms with van der Waals surface area (Å²) in [7, 11) is 0. The van der Waals surface area contributed by atoms with E-state index in [1.807, 2.05) is 6.07 Å². The number of rotatable bonds is 6. The highest BCUT2D eigenvalue weighted by Gasteiger charge is 2.35. The Bertz CT molecular complexity index is 480. The first-order chi connectivity index (χ1) is 9.70. The summed E-state index contributed by atoms with van der Waals surface area (Å²) < 4.78 is 5.78. The van der Waals surface area contributed by atoms with Crippen molar-refractivity contribution in [2.75, 3.05) is 18.5 Å². The molecular weight excluding hydrogens is 246 g/mol. The lowest BCUT2D eigenvalue weighted by molar-refractivity contribution is 0.271. The average Bonchev–Trinajstić information content (AvgIpc) is 3.06. The number of fused-ring (bicyclic) bond motifs is 2. The molecule has 0 aromatic heterocycles. The van der Waals surface area contributed by atoms with E-state index < -0.39 is 0 Å². The molecule has 20 heavy (non-hydrogen) atoms. The SMILES string of the molecule is CC(C)COc1cccc(NCC2CC3C=CC2C3)c1. The molecule has 2 aliphatic carbocycles. The minimum absolute atomic E-state index is 0.562. The Morgan fingerprint density at radius 1 is 1.25 bits per heavy atom. The lowest BCUT2D eigenvalue weighted by atomic mass is 9.93. The summed E-state index contributed by atoms with van der Waals surface area (Å²) in [6.07, 6.45) is 7.56. The van der Waals surface area contributed by atoms with E-state index in [4.69, 9.17) is 4.74 Å². The summed E-state index contributed by atoms with van der Waals surface area (Å²) in [6.45, 7) is 6.20. The van der Waals surface area contributed by atoms with Crippen LogP contribution in [0.2, 0.25) is 0 Å². The van der Waals surface area contributed by atoms with Gasteiger partial charge >= 0.3 is 0 Å². The summed E-state index contributed by atoms with van der Waals surface area (Å²) in [5.41, 5.74) is 1.18. The first-order valence-electron chi connectivity index (χ1n) is 7.86. The lowest BCUT2D eigenvalue weighted by Gasteiger charge is -2.19. The van der Waals surface area contributed by atoms with Gasteiger partial charge in [0.25, 0.3) is 0 Å². The minimum Gasteiger partial charge on any atom is -0.493 e. The standard InChI is InChI=1S/C18H25NO/c1-13(2)12-20-18-5-3-4-17(10-18)19-11-16-9-14-6-7-15(16)8-14/h3-7,10,13-16,19H,8-9,11-12H2,1-2H3. The highest BCUT2D eigenvalue weighted by molar-refractivity contribution is 5.48. The van der Waals surface area contributed by atoms with Crippen LogP contribution < -0.4 is 10.1 Å². The summed E-state index contributed by atoms with van der Waals surface area (Å²) >= 11 is 0. The molecule has 1 aromatic rings. The van der Waals surface area contributed by atoms with Crippen LogP contribution in [0, 0.1) is 23.7 Å². The molecule has 0 radical (unpaired) electrons. The van der Waals surface area contributed by atoms with E-state index in [1.165, 1.54) is 18.5 Å². The van der Waals surface area contributed by atoms with E-state index >= 15 is 0 Å². The molecule has 2 nitrogen and oxygen atoms in total. The normalized spacial score (nSPS) is 27.2. The molecule has 1 aromatic carbocycles. The van der Waals surface area contributed by atoms with Gasteiger partial charge in [0, 0.05) is 18.3 Å². The van der Waals surface area contributed by atoms with Crippen LogP contribution in [0.25, 0.3) is 0 Å². The van der Waals surface area contributed by atoms with Crippen LogP contribution in [-0.4, -0.2) is 13.2 Å². The predicted molar refractivity (Wildman–Crippen MR) is 84.1 cm³/mol. The molecule has 108 valence electrons. The zero-order valence-corrected chi connectivity index (χ0v) is 12.5. The average molecular weight is 271 g/mol. The zero-order chi connectivity index (χ0) is 13.9. The number of allylic oxidation sites excluding steroid dienone is 2. The second-order valence-electron chi connectivity index (χ2n) is 6.65. The van der Waals surface area contributed by atoms with Crippen molar-refractivity contribution >= 4 is 5.69 Å². The second-order valence-corrected chi connectivity index (χ2v) is 6.65. The fraction of sp³-hybridized carbons (Fsp3) is 0.556. The molecule has 1 fully saturated rings. The number of ether oxygens (including phenoxy) is 1. The molecule has 0 amide bonds. The molecule has 1 N–H and O–H groups in total. The van der Waals surface area contributed by atoms with E-state index in [9.17, 15) is 0 Å². The third-order valence-electron chi connectivity index (χ3n) is 4.40. The maximum Gasteiger partial charge on any atom is 0.121 e. The maximum absolute atomic E-state index is 5.78. The Morgan fingerprint density at radius 2 is 2.15 bits per heavy atom. The van der Waals surface area contributed by atoms with Gasteiger partial charge in [0.1, 0.15) is 5.75 Å². The third-order valence-corrected chi connectivity index (χ3v) is 4.40. The van der Waals surface area contributed by atoms with Gasteiger partial charge in [-0.3, -0.25) is 0 Å². The van der Waals surface area contributed by atoms with Gasteiger partial charge in [0.15, 0.2) is 0 Å². The molecule has 0 heterocycles. The molecule has 0 aliphatic heterocycles. The van der Waals surface area contributed by atoms with Crippen molar-refractivity contribution in [1.29, 1.82) is 0 Å². The van der Waals surface area contributed by atoms with Crippen LogP contribution in [0.1, 0.15) is 26.7 Å². The van der Waals surface area contributed by atoms with Gasteiger partial charge in [-0.15, -0.1) is 0 Å². The van der Waals surface area contributed by atoms with Crippen molar-refractivity contribution in [1.82, 2.24) is 0 Å². The third kappa shape index (κ3) is 3.17. The van der Waals surface area contributed by atoms with Crippen LogP contribution in [0.4, 0.5) is 5.69 Å². The smallest absolute Gasteiger partial charge is 0.121 e. The van der Waals surface area contributed by atoms with E-state index in [0.29, 0.717) is 5.92 Å². The Morgan fingerprint density at radius 3 is 2.85 bits per heavy atom. The van der Waals surface area contributed by atoms with Crippen molar-refractivity contribution < 1.29 is 4.74 Å². The quantitative estimate of drug-likeness (QED) is 0.777. The van der Waals surface area contributed by atoms with Gasteiger partial charge in [-0.1, -0.05) is 32.1 Å². The maximum atomic E-state index is 5.78. The van der Waals surface area contributed by atoms with Crippen molar-refractivity contribution in [3.05, 3.63) is 36.4 Å².